The third-order valence-corrected chi connectivity index (χ3v) is 5.55. The lowest BCUT2D eigenvalue weighted by atomic mass is 9.97. The van der Waals surface area contributed by atoms with Crippen LogP contribution in [0, 0.1) is 0 Å². The molecule has 0 spiro atoms. The number of hydrogen-bond acceptors (Lipinski definition) is 3. The molecule has 0 fully saturated rings. The number of thiophene rings is 1. The van der Waals surface area contributed by atoms with Gasteiger partial charge in [0.05, 0.1) is 6.04 Å². The Labute approximate surface area is 158 Å². The van der Waals surface area contributed by atoms with Crippen molar-refractivity contribution in [2.24, 2.45) is 0 Å². The maximum absolute atomic E-state index is 13.0. The fourth-order valence-corrected chi connectivity index (χ4v) is 4.30. The first-order chi connectivity index (χ1) is 12.5. The summed E-state index contributed by atoms with van der Waals surface area (Å²) in [7, 11) is 0. The maximum atomic E-state index is 13.0. The first kappa shape index (κ1) is 18.5. The highest BCUT2D eigenvalue weighted by atomic mass is 32.1. The second-order valence-electron chi connectivity index (χ2n) is 6.80. The molecule has 1 aliphatic heterocycles. The Morgan fingerprint density at radius 2 is 1.96 bits per heavy atom. The van der Waals surface area contributed by atoms with Crippen LogP contribution in [0.15, 0.2) is 35.7 Å². The monoisotopic (exact) mass is 371 g/mol. The zero-order valence-electron chi connectivity index (χ0n) is 15.4. The lowest BCUT2D eigenvalue weighted by molar-refractivity contribution is 0.0657. The van der Waals surface area contributed by atoms with E-state index >= 15 is 0 Å². The molecule has 0 saturated carbocycles. The van der Waals surface area contributed by atoms with E-state index in [-0.39, 0.29) is 24.0 Å². The van der Waals surface area contributed by atoms with Crippen LogP contribution in [0.4, 0.5) is 10.5 Å². The Morgan fingerprint density at radius 3 is 2.62 bits per heavy atom. The van der Waals surface area contributed by atoms with Gasteiger partial charge in [0.2, 0.25) is 0 Å². The molecule has 138 valence electrons. The lowest BCUT2D eigenvalue weighted by Gasteiger charge is -2.35. The molecule has 6 heteroatoms. The summed E-state index contributed by atoms with van der Waals surface area (Å²) in [6, 6.07) is 9.23. The van der Waals surface area contributed by atoms with Crippen LogP contribution in [0.25, 0.3) is 0 Å². The van der Waals surface area contributed by atoms with Crippen LogP contribution in [-0.2, 0) is 6.42 Å². The molecule has 5 nitrogen and oxygen atoms in total. The van der Waals surface area contributed by atoms with Gasteiger partial charge in [0.25, 0.3) is 5.91 Å². The number of benzene rings is 1. The SMILES string of the molecule is CCC1c2ccsc2CCN1C(=O)c1ccc(NC(=O)NC(C)C)cc1. The van der Waals surface area contributed by atoms with Crippen molar-refractivity contribution in [3.05, 3.63) is 51.7 Å². The summed E-state index contributed by atoms with van der Waals surface area (Å²) >= 11 is 1.78. The van der Waals surface area contributed by atoms with E-state index in [9.17, 15) is 9.59 Å². The first-order valence-electron chi connectivity index (χ1n) is 9.04. The van der Waals surface area contributed by atoms with Crippen molar-refractivity contribution in [1.29, 1.82) is 0 Å². The number of urea groups is 1. The van der Waals surface area contributed by atoms with Gasteiger partial charge in [-0.1, -0.05) is 6.92 Å². The average molecular weight is 372 g/mol. The topological polar surface area (TPSA) is 61.4 Å². The number of amides is 3. The van der Waals surface area contributed by atoms with Crippen LogP contribution in [0.2, 0.25) is 0 Å². The van der Waals surface area contributed by atoms with Crippen molar-refractivity contribution in [1.82, 2.24) is 10.2 Å². The van der Waals surface area contributed by atoms with Gasteiger partial charge in [-0.2, -0.15) is 0 Å². The first-order valence-corrected chi connectivity index (χ1v) is 9.92. The van der Waals surface area contributed by atoms with Crippen molar-refractivity contribution < 1.29 is 9.59 Å². The molecule has 1 aliphatic rings. The minimum Gasteiger partial charge on any atom is -0.336 e. The molecule has 1 unspecified atom stereocenters. The molecule has 1 atom stereocenters. The van der Waals surface area contributed by atoms with Gasteiger partial charge in [0.15, 0.2) is 0 Å². The zero-order valence-corrected chi connectivity index (χ0v) is 16.2. The minimum atomic E-state index is -0.244. The van der Waals surface area contributed by atoms with E-state index in [0.29, 0.717) is 11.3 Å². The van der Waals surface area contributed by atoms with E-state index in [1.807, 2.05) is 18.7 Å². The molecular formula is C20H25N3O2S. The molecule has 0 radical (unpaired) electrons. The summed E-state index contributed by atoms with van der Waals surface area (Å²) in [5.41, 5.74) is 2.61. The van der Waals surface area contributed by atoms with Gasteiger partial charge < -0.3 is 15.5 Å². The Bertz CT molecular complexity index is 783. The number of rotatable bonds is 4. The third kappa shape index (κ3) is 3.90. The van der Waals surface area contributed by atoms with Gasteiger partial charge in [-0.05, 0) is 68.0 Å². The number of anilines is 1. The van der Waals surface area contributed by atoms with Gasteiger partial charge >= 0.3 is 6.03 Å². The predicted octanol–water partition coefficient (Wildman–Crippen LogP) is 4.43. The fraction of sp³-hybridized carbons (Fsp3) is 0.400. The molecule has 2 N–H and O–H groups in total. The smallest absolute Gasteiger partial charge is 0.319 e. The highest BCUT2D eigenvalue weighted by Crippen LogP contribution is 2.36. The summed E-state index contributed by atoms with van der Waals surface area (Å²) < 4.78 is 0. The molecule has 0 saturated heterocycles. The molecule has 26 heavy (non-hydrogen) atoms. The predicted molar refractivity (Wildman–Crippen MR) is 106 cm³/mol. The Kier molecular flexibility index (Phi) is 5.61. The van der Waals surface area contributed by atoms with Crippen LogP contribution < -0.4 is 10.6 Å². The number of nitrogens with zero attached hydrogens (tertiary/aromatic N) is 1. The highest BCUT2D eigenvalue weighted by Gasteiger charge is 2.30. The van der Waals surface area contributed by atoms with Crippen LogP contribution in [0.5, 0.6) is 0 Å². The van der Waals surface area contributed by atoms with Gasteiger partial charge in [0.1, 0.15) is 0 Å². The summed E-state index contributed by atoms with van der Waals surface area (Å²) in [5, 5.41) is 7.67. The molecule has 2 heterocycles. The van der Waals surface area contributed by atoms with Gasteiger partial charge in [-0.3, -0.25) is 4.79 Å². The van der Waals surface area contributed by atoms with Crippen LogP contribution in [0.3, 0.4) is 0 Å². The van der Waals surface area contributed by atoms with E-state index in [0.717, 1.165) is 19.4 Å². The summed E-state index contributed by atoms with van der Waals surface area (Å²) in [6.45, 7) is 6.69. The summed E-state index contributed by atoms with van der Waals surface area (Å²) in [4.78, 5) is 28.1. The van der Waals surface area contributed by atoms with Crippen molar-refractivity contribution in [3.63, 3.8) is 0 Å². The Morgan fingerprint density at radius 1 is 1.23 bits per heavy atom. The number of fused-ring (bicyclic) bond motifs is 1. The molecule has 0 bridgehead atoms. The van der Waals surface area contributed by atoms with Crippen molar-refractivity contribution >= 4 is 29.0 Å². The lowest BCUT2D eigenvalue weighted by Crippen LogP contribution is -2.39. The largest absolute Gasteiger partial charge is 0.336 e. The second kappa shape index (κ2) is 7.91. The van der Waals surface area contributed by atoms with Gasteiger partial charge in [-0.25, -0.2) is 4.79 Å². The van der Waals surface area contributed by atoms with E-state index in [1.165, 1.54) is 10.4 Å². The van der Waals surface area contributed by atoms with E-state index in [4.69, 9.17) is 0 Å². The normalized spacial score (nSPS) is 16.3. The quantitative estimate of drug-likeness (QED) is 0.835. The molecule has 0 aliphatic carbocycles. The number of hydrogen-bond donors (Lipinski definition) is 2. The van der Waals surface area contributed by atoms with E-state index in [1.54, 1.807) is 35.6 Å². The second-order valence-corrected chi connectivity index (χ2v) is 7.80. The number of carbonyl (C=O) groups is 2. The van der Waals surface area contributed by atoms with Crippen LogP contribution in [0.1, 0.15) is 54.0 Å². The molecular weight excluding hydrogens is 346 g/mol. The standard InChI is InChI=1S/C20H25N3O2S/c1-4-17-16-10-12-26-18(16)9-11-23(17)19(24)14-5-7-15(8-6-14)22-20(25)21-13(2)3/h5-8,10,12-13,17H,4,9,11H2,1-3H3,(H2,21,22,25). The Balaban J connectivity index is 1.71. The zero-order chi connectivity index (χ0) is 18.7. The minimum absolute atomic E-state index is 0.0480. The van der Waals surface area contributed by atoms with Gasteiger partial charge in [0, 0.05) is 28.7 Å². The summed E-state index contributed by atoms with van der Waals surface area (Å²) in [6.07, 6.45) is 1.83. The van der Waals surface area contributed by atoms with Crippen molar-refractivity contribution in [3.8, 4) is 0 Å². The number of carbonyl (C=O) groups excluding carboxylic acids is 2. The van der Waals surface area contributed by atoms with Crippen LogP contribution in [-0.4, -0.2) is 29.4 Å². The molecule has 1 aromatic carbocycles. The van der Waals surface area contributed by atoms with E-state index in [2.05, 4.69) is 29.0 Å². The molecule has 3 rings (SSSR count). The van der Waals surface area contributed by atoms with Crippen molar-refractivity contribution in [2.75, 3.05) is 11.9 Å². The highest BCUT2D eigenvalue weighted by molar-refractivity contribution is 7.10. The maximum Gasteiger partial charge on any atom is 0.319 e. The number of nitrogens with one attached hydrogen (secondary N) is 2. The average Bonchev–Trinajstić information content (AvgIpc) is 3.09. The molecule has 1 aromatic heterocycles. The third-order valence-electron chi connectivity index (χ3n) is 4.55. The van der Waals surface area contributed by atoms with Gasteiger partial charge in [-0.15, -0.1) is 11.3 Å². The molecule has 3 amide bonds. The van der Waals surface area contributed by atoms with E-state index < -0.39 is 0 Å². The van der Waals surface area contributed by atoms with Crippen molar-refractivity contribution in [2.45, 2.75) is 45.7 Å². The Hall–Kier alpha value is -2.34. The fourth-order valence-electron chi connectivity index (χ4n) is 3.37. The van der Waals surface area contributed by atoms with Crippen LogP contribution >= 0.6 is 11.3 Å². The summed E-state index contributed by atoms with van der Waals surface area (Å²) in [5.74, 6) is 0.0480. The molecule has 2 aromatic rings.